The summed E-state index contributed by atoms with van der Waals surface area (Å²) in [4.78, 5) is 29.3. The van der Waals surface area contributed by atoms with Crippen molar-refractivity contribution in [1.82, 2.24) is 9.88 Å². The molecule has 2 aromatic rings. The van der Waals surface area contributed by atoms with Gasteiger partial charge < -0.3 is 24.5 Å². The van der Waals surface area contributed by atoms with Crippen molar-refractivity contribution in [2.75, 3.05) is 26.8 Å². The van der Waals surface area contributed by atoms with Gasteiger partial charge in [-0.15, -0.1) is 0 Å². The molecule has 0 aliphatic carbocycles. The zero-order valence-electron chi connectivity index (χ0n) is 14.5. The fourth-order valence-electron chi connectivity index (χ4n) is 2.73. The maximum atomic E-state index is 12.3. The van der Waals surface area contributed by atoms with Crippen molar-refractivity contribution >= 4 is 11.8 Å². The van der Waals surface area contributed by atoms with E-state index in [-0.39, 0.29) is 18.9 Å². The second kappa shape index (κ2) is 8.01. The molecule has 2 heterocycles. The van der Waals surface area contributed by atoms with Crippen LogP contribution in [-0.2, 0) is 20.7 Å². The van der Waals surface area contributed by atoms with E-state index in [1.54, 1.807) is 18.2 Å². The van der Waals surface area contributed by atoms with Gasteiger partial charge in [0.2, 0.25) is 11.8 Å². The number of carbonyl (C=O) groups is 2. The smallest absolute Gasteiger partial charge is 0.248 e. The van der Waals surface area contributed by atoms with Crippen LogP contribution in [0.4, 0.5) is 0 Å². The molecule has 0 bridgehead atoms. The number of benzene rings is 1. The summed E-state index contributed by atoms with van der Waals surface area (Å²) in [5, 5.41) is 0. The minimum atomic E-state index is -0.740. The minimum Gasteiger partial charge on any atom is -0.497 e. The number of hydrogen-bond donors (Lipinski definition) is 1. The number of oxazole rings is 1. The van der Waals surface area contributed by atoms with Gasteiger partial charge in [-0.3, -0.25) is 9.59 Å². The molecule has 8 heteroatoms. The van der Waals surface area contributed by atoms with E-state index in [0.717, 1.165) is 11.3 Å². The first-order valence-electron chi connectivity index (χ1n) is 8.34. The third-order valence-corrected chi connectivity index (χ3v) is 4.22. The Hall–Kier alpha value is -2.87. The number of primary amides is 1. The molecule has 0 radical (unpaired) electrons. The van der Waals surface area contributed by atoms with E-state index in [0.29, 0.717) is 31.2 Å². The van der Waals surface area contributed by atoms with Crippen LogP contribution in [0, 0.1) is 0 Å². The Labute approximate surface area is 150 Å². The summed E-state index contributed by atoms with van der Waals surface area (Å²) in [5.41, 5.74) is 6.12. The van der Waals surface area contributed by atoms with Gasteiger partial charge in [0.1, 0.15) is 5.75 Å². The number of hydrogen-bond acceptors (Lipinski definition) is 6. The Morgan fingerprint density at radius 3 is 2.81 bits per heavy atom. The van der Waals surface area contributed by atoms with Crippen LogP contribution in [0.5, 0.6) is 5.75 Å². The molecule has 0 spiro atoms. The second-order valence-electron chi connectivity index (χ2n) is 5.95. The number of rotatable bonds is 6. The molecule has 1 aliphatic heterocycles. The third-order valence-electron chi connectivity index (χ3n) is 4.22. The lowest BCUT2D eigenvalue weighted by Gasteiger charge is -2.31. The SMILES string of the molecule is COc1ccc(-c2cnc(CCC(=O)N3CCOC(C(N)=O)C3)o2)cc1. The highest BCUT2D eigenvalue weighted by atomic mass is 16.5. The van der Waals surface area contributed by atoms with Crippen molar-refractivity contribution in [3.8, 4) is 17.1 Å². The van der Waals surface area contributed by atoms with Gasteiger partial charge in [0.25, 0.3) is 0 Å². The van der Waals surface area contributed by atoms with Gasteiger partial charge in [0.05, 0.1) is 26.5 Å². The van der Waals surface area contributed by atoms with E-state index in [1.165, 1.54) is 0 Å². The molecule has 1 saturated heterocycles. The monoisotopic (exact) mass is 359 g/mol. The molecular formula is C18H21N3O5. The van der Waals surface area contributed by atoms with Gasteiger partial charge >= 0.3 is 0 Å². The number of amides is 2. The molecule has 138 valence electrons. The van der Waals surface area contributed by atoms with Crippen molar-refractivity contribution in [3.63, 3.8) is 0 Å². The van der Waals surface area contributed by atoms with Gasteiger partial charge in [-0.25, -0.2) is 4.98 Å². The first-order valence-corrected chi connectivity index (χ1v) is 8.34. The Morgan fingerprint density at radius 1 is 1.35 bits per heavy atom. The molecule has 1 unspecified atom stereocenters. The first kappa shape index (κ1) is 17.9. The Balaban J connectivity index is 1.55. The van der Waals surface area contributed by atoms with Crippen LogP contribution in [0.1, 0.15) is 12.3 Å². The molecule has 1 atom stereocenters. The van der Waals surface area contributed by atoms with Crippen molar-refractivity contribution < 1.29 is 23.5 Å². The van der Waals surface area contributed by atoms with Crippen LogP contribution in [0.25, 0.3) is 11.3 Å². The lowest BCUT2D eigenvalue weighted by molar-refractivity contribution is -0.145. The summed E-state index contributed by atoms with van der Waals surface area (Å²) in [6, 6.07) is 7.45. The van der Waals surface area contributed by atoms with Gasteiger partial charge in [-0.2, -0.15) is 0 Å². The number of aryl methyl sites for hydroxylation is 1. The molecule has 0 saturated carbocycles. The fourth-order valence-corrected chi connectivity index (χ4v) is 2.73. The third kappa shape index (κ3) is 4.20. The fraction of sp³-hybridized carbons (Fsp3) is 0.389. The lowest BCUT2D eigenvalue weighted by Crippen LogP contribution is -2.50. The van der Waals surface area contributed by atoms with Gasteiger partial charge in [-0.1, -0.05) is 0 Å². The highest BCUT2D eigenvalue weighted by Crippen LogP contribution is 2.23. The molecule has 2 amide bonds. The van der Waals surface area contributed by atoms with E-state index in [1.807, 2.05) is 24.3 Å². The number of carbonyl (C=O) groups excluding carboxylic acids is 2. The van der Waals surface area contributed by atoms with E-state index in [9.17, 15) is 9.59 Å². The van der Waals surface area contributed by atoms with Crippen molar-refractivity contribution in [1.29, 1.82) is 0 Å². The van der Waals surface area contributed by atoms with E-state index >= 15 is 0 Å². The van der Waals surface area contributed by atoms with Crippen molar-refractivity contribution in [3.05, 3.63) is 36.4 Å². The van der Waals surface area contributed by atoms with Gasteiger partial charge in [0.15, 0.2) is 17.8 Å². The van der Waals surface area contributed by atoms with Crippen LogP contribution in [0.2, 0.25) is 0 Å². The van der Waals surface area contributed by atoms with Crippen LogP contribution < -0.4 is 10.5 Å². The summed E-state index contributed by atoms with van der Waals surface area (Å²) < 4.78 is 16.1. The molecular weight excluding hydrogens is 338 g/mol. The van der Waals surface area contributed by atoms with Crippen LogP contribution >= 0.6 is 0 Å². The van der Waals surface area contributed by atoms with Crippen LogP contribution in [0.15, 0.2) is 34.9 Å². The van der Waals surface area contributed by atoms with E-state index in [2.05, 4.69) is 4.98 Å². The molecule has 26 heavy (non-hydrogen) atoms. The van der Waals surface area contributed by atoms with Crippen molar-refractivity contribution in [2.24, 2.45) is 5.73 Å². The first-order chi connectivity index (χ1) is 12.6. The van der Waals surface area contributed by atoms with Gasteiger partial charge in [-0.05, 0) is 24.3 Å². The van der Waals surface area contributed by atoms with E-state index < -0.39 is 12.0 Å². The number of ether oxygens (including phenoxy) is 2. The van der Waals surface area contributed by atoms with Crippen LogP contribution in [-0.4, -0.2) is 54.6 Å². The Bertz CT molecular complexity index is 771. The molecule has 1 aromatic heterocycles. The lowest BCUT2D eigenvalue weighted by atomic mass is 10.2. The predicted octanol–water partition coefficient (Wildman–Crippen LogP) is 0.995. The highest BCUT2D eigenvalue weighted by molar-refractivity contribution is 5.81. The van der Waals surface area contributed by atoms with Crippen LogP contribution in [0.3, 0.4) is 0 Å². The quantitative estimate of drug-likeness (QED) is 0.824. The predicted molar refractivity (Wildman–Crippen MR) is 92.3 cm³/mol. The molecule has 3 rings (SSSR count). The molecule has 2 N–H and O–H groups in total. The topological polar surface area (TPSA) is 108 Å². The zero-order chi connectivity index (χ0) is 18.5. The summed E-state index contributed by atoms with van der Waals surface area (Å²) in [7, 11) is 1.61. The summed E-state index contributed by atoms with van der Waals surface area (Å²) in [6.45, 7) is 0.947. The standard InChI is InChI=1S/C18H21N3O5/c1-24-13-4-2-12(3-5-13)14-10-20-16(26-14)6-7-17(22)21-8-9-25-15(11-21)18(19)23/h2-5,10,15H,6-9,11H2,1H3,(H2,19,23). The Morgan fingerprint density at radius 2 is 2.12 bits per heavy atom. The normalized spacial score (nSPS) is 17.1. The second-order valence-corrected chi connectivity index (χ2v) is 5.95. The Kier molecular flexibility index (Phi) is 5.52. The zero-order valence-corrected chi connectivity index (χ0v) is 14.5. The average molecular weight is 359 g/mol. The maximum Gasteiger partial charge on any atom is 0.248 e. The number of nitrogens with two attached hydrogens (primary N) is 1. The number of aromatic nitrogens is 1. The molecule has 8 nitrogen and oxygen atoms in total. The molecule has 1 aromatic carbocycles. The molecule has 1 aliphatic rings. The summed E-state index contributed by atoms with van der Waals surface area (Å²) in [5.74, 6) is 1.25. The number of methoxy groups -OCH3 is 1. The highest BCUT2D eigenvalue weighted by Gasteiger charge is 2.27. The average Bonchev–Trinajstić information content (AvgIpc) is 3.15. The van der Waals surface area contributed by atoms with E-state index in [4.69, 9.17) is 19.6 Å². The largest absolute Gasteiger partial charge is 0.497 e. The minimum absolute atomic E-state index is 0.0799. The maximum absolute atomic E-state index is 12.3. The summed E-state index contributed by atoms with van der Waals surface area (Å²) >= 11 is 0. The molecule has 1 fully saturated rings. The summed E-state index contributed by atoms with van der Waals surface area (Å²) in [6.07, 6.45) is 1.53. The number of nitrogens with zero attached hydrogens (tertiary/aromatic N) is 2. The number of morpholine rings is 1. The van der Waals surface area contributed by atoms with Gasteiger partial charge in [0, 0.05) is 24.9 Å². The van der Waals surface area contributed by atoms with Crippen molar-refractivity contribution in [2.45, 2.75) is 18.9 Å².